The highest BCUT2D eigenvalue weighted by molar-refractivity contribution is 7.89. The van der Waals surface area contributed by atoms with E-state index < -0.39 is 10.0 Å². The fraction of sp³-hybridized carbons (Fsp3) is 0.625. The van der Waals surface area contributed by atoms with Crippen molar-refractivity contribution in [1.82, 2.24) is 14.5 Å². The number of sulfonamides is 1. The van der Waals surface area contributed by atoms with Gasteiger partial charge >= 0.3 is 0 Å². The first-order valence-electron chi connectivity index (χ1n) is 12.0. The standard InChI is InChI=1S/C24H33N3O5S/c1-25-12-21(17-5-3-2-4-6-17)24(28)26-13-18-15-27(16-19(18)14-26)33(29,30)20-7-8-22-23(11-20)32-10-9-31-22/h7-8,11,17,21,25H,2-6,9-10,12-16H2,1H3. The van der Waals surface area contributed by atoms with Gasteiger partial charge in [0.15, 0.2) is 11.5 Å². The summed E-state index contributed by atoms with van der Waals surface area (Å²) in [6.45, 7) is 3.34. The van der Waals surface area contributed by atoms with Crippen LogP contribution >= 0.6 is 0 Å². The summed E-state index contributed by atoms with van der Waals surface area (Å²) in [6.07, 6.45) is 5.94. The number of benzene rings is 1. The molecule has 0 saturated heterocycles. The summed E-state index contributed by atoms with van der Waals surface area (Å²) in [6, 6.07) is 4.79. The lowest BCUT2D eigenvalue weighted by molar-refractivity contribution is -0.136. The highest BCUT2D eigenvalue weighted by Crippen LogP contribution is 2.37. The Kier molecular flexibility index (Phi) is 6.37. The van der Waals surface area contributed by atoms with Gasteiger partial charge in [-0.05, 0) is 49.1 Å². The molecule has 9 heteroatoms. The molecule has 1 N–H and O–H groups in total. The molecule has 1 amide bonds. The van der Waals surface area contributed by atoms with Gasteiger partial charge in [-0.2, -0.15) is 4.31 Å². The maximum atomic E-state index is 13.4. The molecule has 3 heterocycles. The van der Waals surface area contributed by atoms with Crippen LogP contribution in [0.25, 0.3) is 0 Å². The summed E-state index contributed by atoms with van der Waals surface area (Å²) in [7, 11) is -1.74. The minimum atomic E-state index is -3.65. The number of carbonyl (C=O) groups excluding carboxylic acids is 1. The Labute approximate surface area is 196 Å². The minimum Gasteiger partial charge on any atom is -0.486 e. The Hall–Kier alpha value is -2.10. The first-order valence-corrected chi connectivity index (χ1v) is 13.4. The van der Waals surface area contributed by atoms with Gasteiger partial charge in [0, 0.05) is 38.8 Å². The lowest BCUT2D eigenvalue weighted by atomic mass is 9.79. The maximum absolute atomic E-state index is 13.4. The third kappa shape index (κ3) is 4.38. The van der Waals surface area contributed by atoms with E-state index in [0.29, 0.717) is 63.4 Å². The number of carbonyl (C=O) groups is 1. The zero-order valence-electron chi connectivity index (χ0n) is 19.2. The predicted octanol–water partition coefficient (Wildman–Crippen LogP) is 2.02. The molecule has 1 aromatic carbocycles. The molecule has 180 valence electrons. The molecule has 4 aliphatic rings. The van der Waals surface area contributed by atoms with E-state index in [0.717, 1.165) is 24.0 Å². The minimum absolute atomic E-state index is 0.00729. The second-order valence-corrected chi connectivity index (χ2v) is 11.5. The van der Waals surface area contributed by atoms with E-state index in [1.54, 1.807) is 18.2 Å². The average Bonchev–Trinajstić information content (AvgIpc) is 3.42. The van der Waals surface area contributed by atoms with Crippen LogP contribution in [0.2, 0.25) is 0 Å². The van der Waals surface area contributed by atoms with E-state index in [4.69, 9.17) is 9.47 Å². The Balaban J connectivity index is 1.24. The number of rotatable bonds is 6. The SMILES string of the molecule is CNCC(C(=O)N1CC2=C(C1)CN(S(=O)(=O)c1ccc3c(c1)OCCO3)C2)C1CCCCC1. The monoisotopic (exact) mass is 475 g/mol. The summed E-state index contributed by atoms with van der Waals surface area (Å²) in [5, 5.41) is 3.22. The Morgan fingerprint density at radius 3 is 2.36 bits per heavy atom. The molecular weight excluding hydrogens is 442 g/mol. The van der Waals surface area contributed by atoms with Gasteiger partial charge in [0.2, 0.25) is 15.9 Å². The van der Waals surface area contributed by atoms with Crippen LogP contribution in [0.4, 0.5) is 0 Å². The van der Waals surface area contributed by atoms with Crippen molar-refractivity contribution < 1.29 is 22.7 Å². The van der Waals surface area contributed by atoms with E-state index >= 15 is 0 Å². The summed E-state index contributed by atoms with van der Waals surface area (Å²) >= 11 is 0. The Bertz CT molecular complexity index is 1030. The van der Waals surface area contributed by atoms with Crippen molar-refractivity contribution in [1.29, 1.82) is 0 Å². The van der Waals surface area contributed by atoms with Crippen LogP contribution in [0, 0.1) is 11.8 Å². The highest BCUT2D eigenvalue weighted by atomic mass is 32.2. The van der Waals surface area contributed by atoms with Gasteiger partial charge in [0.1, 0.15) is 13.2 Å². The van der Waals surface area contributed by atoms with Crippen molar-refractivity contribution >= 4 is 15.9 Å². The van der Waals surface area contributed by atoms with E-state index in [9.17, 15) is 13.2 Å². The third-order valence-corrected chi connectivity index (χ3v) is 9.21. The van der Waals surface area contributed by atoms with Gasteiger partial charge in [-0.3, -0.25) is 4.79 Å². The maximum Gasteiger partial charge on any atom is 0.243 e. The van der Waals surface area contributed by atoms with Crippen LogP contribution in [0.15, 0.2) is 34.2 Å². The molecule has 33 heavy (non-hydrogen) atoms. The van der Waals surface area contributed by atoms with E-state index in [1.807, 2.05) is 11.9 Å². The smallest absolute Gasteiger partial charge is 0.243 e. The molecule has 0 aromatic heterocycles. The van der Waals surface area contributed by atoms with Crippen molar-refractivity contribution in [2.45, 2.75) is 37.0 Å². The fourth-order valence-electron chi connectivity index (χ4n) is 5.65. The lowest BCUT2D eigenvalue weighted by Gasteiger charge is -2.33. The Morgan fingerprint density at radius 1 is 1.03 bits per heavy atom. The third-order valence-electron chi connectivity index (χ3n) is 7.42. The summed E-state index contributed by atoms with van der Waals surface area (Å²) in [5.74, 6) is 1.71. The number of hydrogen-bond donors (Lipinski definition) is 1. The van der Waals surface area contributed by atoms with Crippen LogP contribution < -0.4 is 14.8 Å². The fourth-order valence-corrected chi connectivity index (χ4v) is 7.10. The quantitative estimate of drug-likeness (QED) is 0.634. The zero-order chi connectivity index (χ0) is 23.0. The molecule has 8 nitrogen and oxygen atoms in total. The summed E-state index contributed by atoms with van der Waals surface area (Å²) in [4.78, 5) is 15.6. The number of ether oxygens (including phenoxy) is 2. The van der Waals surface area contributed by atoms with Crippen molar-refractivity contribution in [3.8, 4) is 11.5 Å². The van der Waals surface area contributed by atoms with E-state index in [2.05, 4.69) is 5.32 Å². The highest BCUT2D eigenvalue weighted by Gasteiger charge is 2.40. The van der Waals surface area contributed by atoms with Crippen molar-refractivity contribution in [3.05, 3.63) is 29.3 Å². The number of fused-ring (bicyclic) bond motifs is 1. The molecule has 1 aliphatic carbocycles. The number of hydrogen-bond acceptors (Lipinski definition) is 6. The molecule has 1 saturated carbocycles. The first-order chi connectivity index (χ1) is 16.0. The second-order valence-electron chi connectivity index (χ2n) is 9.54. The van der Waals surface area contributed by atoms with Crippen molar-refractivity contribution in [3.63, 3.8) is 0 Å². The Morgan fingerprint density at radius 2 is 1.70 bits per heavy atom. The molecule has 1 fully saturated rings. The van der Waals surface area contributed by atoms with Crippen LogP contribution in [-0.4, -0.2) is 76.5 Å². The van der Waals surface area contributed by atoms with Gasteiger partial charge in [-0.25, -0.2) is 8.42 Å². The topological polar surface area (TPSA) is 88.2 Å². The molecule has 5 rings (SSSR count). The number of nitrogens with one attached hydrogen (secondary N) is 1. The van der Waals surface area contributed by atoms with Crippen LogP contribution in [0.3, 0.4) is 0 Å². The normalized spacial score (nSPS) is 22.5. The van der Waals surface area contributed by atoms with Gasteiger partial charge < -0.3 is 19.7 Å². The molecule has 1 aromatic rings. The summed E-state index contributed by atoms with van der Waals surface area (Å²) < 4.78 is 39.1. The average molecular weight is 476 g/mol. The molecule has 1 unspecified atom stereocenters. The van der Waals surface area contributed by atoms with Crippen molar-refractivity contribution in [2.24, 2.45) is 11.8 Å². The second kappa shape index (κ2) is 9.27. The molecule has 3 aliphatic heterocycles. The van der Waals surface area contributed by atoms with Crippen LogP contribution in [-0.2, 0) is 14.8 Å². The van der Waals surface area contributed by atoms with E-state index in [-0.39, 0.29) is 16.7 Å². The molecule has 0 bridgehead atoms. The molecule has 1 atom stereocenters. The largest absolute Gasteiger partial charge is 0.486 e. The molecular formula is C24H33N3O5S. The van der Waals surface area contributed by atoms with Crippen molar-refractivity contribution in [2.75, 3.05) is 53.0 Å². The lowest BCUT2D eigenvalue weighted by Crippen LogP contribution is -2.44. The molecule has 0 radical (unpaired) electrons. The van der Waals surface area contributed by atoms with E-state index in [1.165, 1.54) is 23.6 Å². The van der Waals surface area contributed by atoms with Crippen LogP contribution in [0.1, 0.15) is 32.1 Å². The number of amides is 1. The first kappa shape index (κ1) is 22.7. The number of nitrogens with zero attached hydrogens (tertiary/aromatic N) is 2. The summed E-state index contributed by atoms with van der Waals surface area (Å²) in [5.41, 5.74) is 2.13. The van der Waals surface area contributed by atoms with Gasteiger partial charge in [0.05, 0.1) is 10.8 Å². The van der Waals surface area contributed by atoms with Gasteiger partial charge in [-0.15, -0.1) is 0 Å². The van der Waals surface area contributed by atoms with Crippen LogP contribution in [0.5, 0.6) is 11.5 Å². The molecule has 0 spiro atoms. The van der Waals surface area contributed by atoms with Gasteiger partial charge in [-0.1, -0.05) is 19.3 Å². The zero-order valence-corrected chi connectivity index (χ0v) is 20.0. The van der Waals surface area contributed by atoms with Gasteiger partial charge in [0.25, 0.3) is 0 Å². The predicted molar refractivity (Wildman–Crippen MR) is 124 cm³/mol.